The first-order chi connectivity index (χ1) is 13.7. The van der Waals surface area contributed by atoms with Crippen LogP contribution in [0.15, 0.2) is 60.9 Å². The number of rotatable bonds is 3. The number of benzene rings is 2. The minimum Gasteiger partial charge on any atom is -0.478 e. The molecule has 3 heterocycles. The quantitative estimate of drug-likeness (QED) is 0.505. The number of carbonyl (C=O) groups is 1. The van der Waals surface area contributed by atoms with Crippen LogP contribution >= 0.6 is 0 Å². The van der Waals surface area contributed by atoms with Crippen molar-refractivity contribution < 1.29 is 9.90 Å². The lowest BCUT2D eigenvalue weighted by Crippen LogP contribution is -2.23. The second-order valence-electron chi connectivity index (χ2n) is 7.12. The van der Waals surface area contributed by atoms with Crippen LogP contribution in [-0.2, 0) is 13.0 Å². The molecule has 0 amide bonds. The average molecular weight is 369 g/mol. The molecule has 1 aliphatic heterocycles. The topological polar surface area (TPSA) is 78.0 Å². The molecule has 1 aliphatic rings. The van der Waals surface area contributed by atoms with E-state index in [4.69, 9.17) is 5.11 Å². The Bertz CT molecular complexity index is 1190. The van der Waals surface area contributed by atoms with Gasteiger partial charge in [-0.2, -0.15) is 0 Å². The van der Waals surface area contributed by atoms with E-state index in [1.54, 1.807) is 12.1 Å². The molecule has 3 N–H and O–H groups in total. The van der Waals surface area contributed by atoms with E-state index in [-0.39, 0.29) is 5.56 Å². The van der Waals surface area contributed by atoms with E-state index >= 15 is 0 Å². The number of hydrogen-bond acceptors (Lipinski definition) is 3. The number of carboxylic acids is 1. The zero-order chi connectivity index (χ0) is 19.1. The average Bonchev–Trinajstić information content (AvgIpc) is 3.16. The molecule has 0 saturated heterocycles. The summed E-state index contributed by atoms with van der Waals surface area (Å²) in [5, 5.41) is 13.6. The highest BCUT2D eigenvalue weighted by atomic mass is 16.4. The van der Waals surface area contributed by atoms with Crippen molar-refractivity contribution in [3.63, 3.8) is 0 Å². The SMILES string of the molecule is O=C(O)c1ccc(-c2c[nH]c3ncc(-c4ccc5c(c4)CNCC5)cc23)cc1. The molecule has 5 rings (SSSR count). The number of hydrogen-bond donors (Lipinski definition) is 3. The van der Waals surface area contributed by atoms with Crippen LogP contribution in [0.25, 0.3) is 33.3 Å². The third kappa shape index (κ3) is 2.86. The number of aromatic amines is 1. The van der Waals surface area contributed by atoms with Gasteiger partial charge in [-0.05, 0) is 59.5 Å². The van der Waals surface area contributed by atoms with Crippen molar-refractivity contribution in [2.75, 3.05) is 6.54 Å². The maximum atomic E-state index is 11.1. The number of pyridine rings is 1. The third-order valence-electron chi connectivity index (χ3n) is 5.40. The summed E-state index contributed by atoms with van der Waals surface area (Å²) in [7, 11) is 0. The van der Waals surface area contributed by atoms with E-state index in [9.17, 15) is 4.79 Å². The highest BCUT2D eigenvalue weighted by molar-refractivity contribution is 5.96. The molecule has 0 unspecified atom stereocenters. The normalized spacial score (nSPS) is 13.4. The molecular weight excluding hydrogens is 350 g/mol. The Morgan fingerprint density at radius 2 is 1.79 bits per heavy atom. The van der Waals surface area contributed by atoms with Gasteiger partial charge in [-0.1, -0.05) is 24.3 Å². The maximum absolute atomic E-state index is 11.1. The standard InChI is InChI=1S/C23H19N3O2/c27-23(28)16-4-2-15(3-5-16)21-13-26-22-20(21)10-19(12-25-22)17-6-1-14-7-8-24-11-18(14)9-17/h1-6,9-10,12-13,24H,7-8,11H2,(H,25,26)(H,27,28). The van der Waals surface area contributed by atoms with Crippen molar-refractivity contribution in [2.24, 2.45) is 0 Å². The summed E-state index contributed by atoms with van der Waals surface area (Å²) in [5.74, 6) is -0.920. The molecule has 28 heavy (non-hydrogen) atoms. The Labute approximate surface area is 162 Å². The molecule has 2 aromatic heterocycles. The van der Waals surface area contributed by atoms with E-state index < -0.39 is 5.97 Å². The summed E-state index contributed by atoms with van der Waals surface area (Å²) in [4.78, 5) is 18.9. The number of H-pyrrole nitrogens is 1. The van der Waals surface area contributed by atoms with E-state index in [1.807, 2.05) is 24.5 Å². The predicted molar refractivity (Wildman–Crippen MR) is 109 cm³/mol. The fraction of sp³-hybridized carbons (Fsp3) is 0.130. The van der Waals surface area contributed by atoms with Crippen LogP contribution in [0.4, 0.5) is 0 Å². The fourth-order valence-corrected chi connectivity index (χ4v) is 3.85. The van der Waals surface area contributed by atoms with Gasteiger partial charge in [0, 0.05) is 35.5 Å². The minimum absolute atomic E-state index is 0.282. The summed E-state index contributed by atoms with van der Waals surface area (Å²) in [6.07, 6.45) is 4.89. The lowest BCUT2D eigenvalue weighted by molar-refractivity contribution is 0.0697. The highest BCUT2D eigenvalue weighted by Gasteiger charge is 2.13. The number of carboxylic acid groups (broad SMARTS) is 1. The van der Waals surface area contributed by atoms with Crippen molar-refractivity contribution in [1.82, 2.24) is 15.3 Å². The summed E-state index contributed by atoms with van der Waals surface area (Å²) in [6, 6.07) is 15.7. The first kappa shape index (κ1) is 16.7. The van der Waals surface area contributed by atoms with Crippen LogP contribution in [0.1, 0.15) is 21.5 Å². The van der Waals surface area contributed by atoms with Crippen LogP contribution in [0.3, 0.4) is 0 Å². The van der Waals surface area contributed by atoms with Gasteiger partial charge >= 0.3 is 5.97 Å². The van der Waals surface area contributed by atoms with Gasteiger partial charge in [0.1, 0.15) is 5.65 Å². The molecule has 0 spiro atoms. The Morgan fingerprint density at radius 3 is 2.61 bits per heavy atom. The van der Waals surface area contributed by atoms with E-state index in [1.165, 1.54) is 11.1 Å². The van der Waals surface area contributed by atoms with E-state index in [2.05, 4.69) is 39.6 Å². The van der Waals surface area contributed by atoms with Crippen LogP contribution in [0.5, 0.6) is 0 Å². The number of fused-ring (bicyclic) bond motifs is 2. The largest absolute Gasteiger partial charge is 0.478 e. The van der Waals surface area contributed by atoms with Gasteiger partial charge in [-0.3, -0.25) is 0 Å². The molecule has 5 nitrogen and oxygen atoms in total. The molecular formula is C23H19N3O2. The summed E-state index contributed by atoms with van der Waals surface area (Å²) >= 11 is 0. The lowest BCUT2D eigenvalue weighted by Gasteiger charge is -2.18. The van der Waals surface area contributed by atoms with Gasteiger partial charge in [0.25, 0.3) is 0 Å². The summed E-state index contributed by atoms with van der Waals surface area (Å²) < 4.78 is 0. The predicted octanol–water partition coefficient (Wildman–Crippen LogP) is 4.24. The van der Waals surface area contributed by atoms with Gasteiger partial charge in [-0.15, -0.1) is 0 Å². The first-order valence-corrected chi connectivity index (χ1v) is 9.33. The van der Waals surface area contributed by atoms with Crippen molar-refractivity contribution in [3.8, 4) is 22.3 Å². The molecule has 5 heteroatoms. The molecule has 0 fully saturated rings. The minimum atomic E-state index is -0.920. The number of aromatic carboxylic acids is 1. The molecule has 0 atom stereocenters. The molecule has 4 aromatic rings. The first-order valence-electron chi connectivity index (χ1n) is 9.33. The molecule has 0 saturated carbocycles. The lowest BCUT2D eigenvalue weighted by atomic mass is 9.95. The Balaban J connectivity index is 1.57. The second kappa shape index (κ2) is 6.62. The number of aromatic nitrogens is 2. The molecule has 138 valence electrons. The molecule has 0 bridgehead atoms. The van der Waals surface area contributed by atoms with E-state index in [0.717, 1.165) is 52.8 Å². The van der Waals surface area contributed by atoms with Gasteiger partial charge in [0.2, 0.25) is 0 Å². The number of nitrogens with zero attached hydrogens (tertiary/aromatic N) is 1. The zero-order valence-corrected chi connectivity index (χ0v) is 15.2. The monoisotopic (exact) mass is 369 g/mol. The van der Waals surface area contributed by atoms with Gasteiger partial charge in [-0.25, -0.2) is 9.78 Å². The molecule has 0 radical (unpaired) electrons. The van der Waals surface area contributed by atoms with E-state index in [0.29, 0.717) is 0 Å². The van der Waals surface area contributed by atoms with Crippen LogP contribution in [0, 0.1) is 0 Å². The van der Waals surface area contributed by atoms with Crippen LogP contribution in [-0.4, -0.2) is 27.6 Å². The third-order valence-corrected chi connectivity index (χ3v) is 5.40. The zero-order valence-electron chi connectivity index (χ0n) is 15.2. The maximum Gasteiger partial charge on any atom is 0.335 e. The molecule has 2 aromatic carbocycles. The van der Waals surface area contributed by atoms with Crippen LogP contribution < -0.4 is 5.32 Å². The Kier molecular flexibility index (Phi) is 3.95. The fourth-order valence-electron chi connectivity index (χ4n) is 3.85. The van der Waals surface area contributed by atoms with Gasteiger partial charge in [0.15, 0.2) is 0 Å². The van der Waals surface area contributed by atoms with Gasteiger partial charge < -0.3 is 15.4 Å². The second-order valence-corrected chi connectivity index (χ2v) is 7.12. The van der Waals surface area contributed by atoms with Crippen molar-refractivity contribution >= 4 is 17.0 Å². The van der Waals surface area contributed by atoms with Crippen molar-refractivity contribution in [2.45, 2.75) is 13.0 Å². The highest BCUT2D eigenvalue weighted by Crippen LogP contribution is 2.32. The van der Waals surface area contributed by atoms with Crippen LogP contribution in [0.2, 0.25) is 0 Å². The smallest absolute Gasteiger partial charge is 0.335 e. The Hall–Kier alpha value is -3.44. The van der Waals surface area contributed by atoms with Crippen molar-refractivity contribution in [1.29, 1.82) is 0 Å². The summed E-state index contributed by atoms with van der Waals surface area (Å²) in [6.45, 7) is 1.94. The van der Waals surface area contributed by atoms with Gasteiger partial charge in [0.05, 0.1) is 5.56 Å². The Morgan fingerprint density at radius 1 is 0.964 bits per heavy atom. The molecule has 0 aliphatic carbocycles. The summed E-state index contributed by atoms with van der Waals surface area (Å²) in [5.41, 5.74) is 8.07. The van der Waals surface area contributed by atoms with Crippen molar-refractivity contribution in [3.05, 3.63) is 77.6 Å². The number of nitrogens with one attached hydrogen (secondary N) is 2.